The van der Waals surface area contributed by atoms with Crippen LogP contribution in [0.4, 0.5) is 0 Å². The van der Waals surface area contributed by atoms with Crippen LogP contribution in [0.3, 0.4) is 0 Å². The van der Waals surface area contributed by atoms with Gasteiger partial charge in [0, 0.05) is 16.4 Å². The molecule has 1 rings (SSSR count). The van der Waals surface area contributed by atoms with Gasteiger partial charge in [-0.2, -0.15) is 0 Å². The van der Waals surface area contributed by atoms with Gasteiger partial charge in [0.2, 0.25) is 0 Å². The van der Waals surface area contributed by atoms with Gasteiger partial charge in [-0.05, 0) is 19.4 Å². The Hall–Kier alpha value is -0.810. The van der Waals surface area contributed by atoms with Crippen LogP contribution in [0.15, 0.2) is 4.90 Å². The Labute approximate surface area is 80.3 Å². The van der Waals surface area contributed by atoms with Crippen molar-refractivity contribution in [1.29, 1.82) is 0 Å². The minimum Gasteiger partial charge on any atom is -0.355 e. The Morgan fingerprint density at radius 3 is 2.15 bits per heavy atom. The number of nitrogens with one attached hydrogen (secondary N) is 1. The number of H-pyrrole nitrogens is 1. The van der Waals surface area contributed by atoms with Crippen LogP contribution in [0.5, 0.6) is 0 Å². The fourth-order valence-electron chi connectivity index (χ4n) is 1.24. The van der Waals surface area contributed by atoms with Crippen LogP contribution < -0.4 is 0 Å². The van der Waals surface area contributed by atoms with Gasteiger partial charge in [0.1, 0.15) is 4.90 Å². The van der Waals surface area contributed by atoms with Crippen molar-refractivity contribution in [2.45, 2.75) is 18.7 Å². The van der Waals surface area contributed by atoms with Crippen molar-refractivity contribution in [2.75, 3.05) is 0 Å². The molecule has 0 atom stereocenters. The summed E-state index contributed by atoms with van der Waals surface area (Å²) in [5.74, 6) is 0. The number of aldehydes is 1. The van der Waals surface area contributed by atoms with Crippen LogP contribution >= 0.6 is 10.7 Å². The predicted octanol–water partition coefficient (Wildman–Crippen LogP) is 1.37. The number of rotatable bonds is 2. The van der Waals surface area contributed by atoms with Gasteiger partial charge in [0.15, 0.2) is 6.29 Å². The molecule has 0 fully saturated rings. The average molecular weight is 222 g/mol. The molecule has 0 aliphatic rings. The van der Waals surface area contributed by atoms with E-state index in [1.807, 2.05) is 0 Å². The van der Waals surface area contributed by atoms with Crippen molar-refractivity contribution in [3.05, 3.63) is 17.0 Å². The lowest BCUT2D eigenvalue weighted by Gasteiger charge is -1.94. The second kappa shape index (κ2) is 3.16. The van der Waals surface area contributed by atoms with Crippen LogP contribution in [0.1, 0.15) is 21.7 Å². The summed E-state index contributed by atoms with van der Waals surface area (Å²) in [6.45, 7) is 3.08. The third-order valence-electron chi connectivity index (χ3n) is 1.77. The molecule has 4 nitrogen and oxygen atoms in total. The summed E-state index contributed by atoms with van der Waals surface area (Å²) in [6.07, 6.45) is 0.563. The molecular weight excluding hydrogens is 214 g/mol. The van der Waals surface area contributed by atoms with Crippen molar-refractivity contribution >= 4 is 26.0 Å². The number of aromatic nitrogens is 1. The second-order valence-corrected chi connectivity index (χ2v) is 5.18. The number of aryl methyl sites for hydroxylation is 1. The van der Waals surface area contributed by atoms with E-state index in [1.54, 1.807) is 6.92 Å². The molecule has 72 valence electrons. The quantitative estimate of drug-likeness (QED) is 0.606. The topological polar surface area (TPSA) is 67.0 Å². The van der Waals surface area contributed by atoms with E-state index in [0.717, 1.165) is 0 Å². The van der Waals surface area contributed by atoms with E-state index in [1.165, 1.54) is 6.92 Å². The smallest absolute Gasteiger partial charge is 0.263 e. The average Bonchev–Trinajstić information content (AvgIpc) is 2.24. The Bertz CT molecular complexity index is 447. The van der Waals surface area contributed by atoms with Crippen LogP contribution in [0.2, 0.25) is 0 Å². The molecule has 0 spiro atoms. The molecule has 0 amide bonds. The fourth-order valence-corrected chi connectivity index (χ4v) is 2.83. The first kappa shape index (κ1) is 10.3. The highest BCUT2D eigenvalue weighted by Crippen LogP contribution is 2.25. The van der Waals surface area contributed by atoms with Gasteiger partial charge in [-0.25, -0.2) is 8.42 Å². The van der Waals surface area contributed by atoms with E-state index in [0.29, 0.717) is 17.5 Å². The van der Waals surface area contributed by atoms with Crippen molar-refractivity contribution in [1.82, 2.24) is 4.98 Å². The number of carbonyl (C=O) groups is 1. The van der Waals surface area contributed by atoms with Gasteiger partial charge in [-0.3, -0.25) is 4.79 Å². The van der Waals surface area contributed by atoms with E-state index in [4.69, 9.17) is 10.7 Å². The van der Waals surface area contributed by atoms with Gasteiger partial charge < -0.3 is 4.98 Å². The molecule has 0 bridgehead atoms. The van der Waals surface area contributed by atoms with Crippen LogP contribution in [-0.2, 0) is 9.05 Å². The summed E-state index contributed by atoms with van der Waals surface area (Å²) in [7, 11) is 1.40. The highest BCUT2D eigenvalue weighted by molar-refractivity contribution is 8.13. The van der Waals surface area contributed by atoms with Crippen molar-refractivity contribution < 1.29 is 13.2 Å². The van der Waals surface area contributed by atoms with Crippen LogP contribution in [-0.4, -0.2) is 19.7 Å². The number of hydrogen-bond donors (Lipinski definition) is 1. The Kier molecular flexibility index (Phi) is 2.49. The molecule has 0 aromatic carbocycles. The highest BCUT2D eigenvalue weighted by Gasteiger charge is 2.21. The summed E-state index contributed by atoms with van der Waals surface area (Å²) in [5.41, 5.74) is 0.994. The zero-order valence-corrected chi connectivity index (χ0v) is 8.66. The minimum absolute atomic E-state index is 0.00346. The van der Waals surface area contributed by atoms with Gasteiger partial charge in [0.25, 0.3) is 9.05 Å². The maximum absolute atomic E-state index is 11.0. The second-order valence-electron chi connectivity index (χ2n) is 2.67. The summed E-state index contributed by atoms with van der Waals surface area (Å²) in [4.78, 5) is 13.1. The summed E-state index contributed by atoms with van der Waals surface area (Å²) < 4.78 is 22.1. The molecular formula is C7H8ClNO3S. The van der Waals surface area contributed by atoms with Gasteiger partial charge in [-0.15, -0.1) is 0 Å². The molecule has 6 heteroatoms. The molecule has 0 radical (unpaired) electrons. The molecule has 0 unspecified atom stereocenters. The Morgan fingerprint density at radius 2 is 1.92 bits per heavy atom. The summed E-state index contributed by atoms with van der Waals surface area (Å²) in [5, 5.41) is 0. The first-order valence-electron chi connectivity index (χ1n) is 3.47. The van der Waals surface area contributed by atoms with E-state index in [-0.39, 0.29) is 10.6 Å². The molecule has 0 aliphatic heterocycles. The van der Waals surface area contributed by atoms with Crippen LogP contribution in [0, 0.1) is 13.8 Å². The lowest BCUT2D eigenvalue weighted by Crippen LogP contribution is -1.93. The highest BCUT2D eigenvalue weighted by atomic mass is 35.7. The third-order valence-corrected chi connectivity index (χ3v) is 3.33. The fraction of sp³-hybridized carbons (Fsp3) is 0.286. The number of carbonyl (C=O) groups excluding carboxylic acids is 1. The Balaban J connectivity index is 3.56. The molecule has 0 saturated heterocycles. The minimum atomic E-state index is -3.77. The maximum atomic E-state index is 11.0. The molecule has 1 aromatic rings. The van der Waals surface area contributed by atoms with E-state index < -0.39 is 9.05 Å². The normalized spacial score (nSPS) is 11.6. The van der Waals surface area contributed by atoms with E-state index >= 15 is 0 Å². The molecule has 1 heterocycles. The zero-order valence-electron chi connectivity index (χ0n) is 7.09. The maximum Gasteiger partial charge on any atom is 0.263 e. The van der Waals surface area contributed by atoms with Crippen molar-refractivity contribution in [3.8, 4) is 0 Å². The SMILES string of the molecule is Cc1[nH]c(C=O)c(C)c1S(=O)(=O)Cl. The molecule has 0 aliphatic carbocycles. The lowest BCUT2D eigenvalue weighted by molar-refractivity contribution is 0.111. The monoisotopic (exact) mass is 221 g/mol. The largest absolute Gasteiger partial charge is 0.355 e. The molecule has 1 N–H and O–H groups in total. The van der Waals surface area contributed by atoms with Crippen LogP contribution in [0.25, 0.3) is 0 Å². The van der Waals surface area contributed by atoms with Gasteiger partial charge >= 0.3 is 0 Å². The van der Waals surface area contributed by atoms with Gasteiger partial charge in [0.05, 0.1) is 5.69 Å². The number of hydrogen-bond acceptors (Lipinski definition) is 3. The summed E-state index contributed by atoms with van der Waals surface area (Å²) >= 11 is 0. The van der Waals surface area contributed by atoms with Crippen molar-refractivity contribution in [3.63, 3.8) is 0 Å². The standard InChI is InChI=1S/C7H8ClNO3S/c1-4-6(3-10)9-5(2)7(4)13(8,11)12/h3,9H,1-2H3. The molecule has 0 saturated carbocycles. The molecule has 13 heavy (non-hydrogen) atoms. The first-order chi connectivity index (χ1) is 5.88. The predicted molar refractivity (Wildman–Crippen MR) is 48.7 cm³/mol. The molecule has 1 aromatic heterocycles. The number of halogens is 1. The first-order valence-corrected chi connectivity index (χ1v) is 5.78. The number of aromatic amines is 1. The zero-order chi connectivity index (χ0) is 10.2. The summed E-state index contributed by atoms with van der Waals surface area (Å²) in [6, 6.07) is 0. The lowest BCUT2D eigenvalue weighted by atomic mass is 10.3. The van der Waals surface area contributed by atoms with Crippen molar-refractivity contribution in [2.24, 2.45) is 0 Å². The Morgan fingerprint density at radius 1 is 1.38 bits per heavy atom. The van der Waals surface area contributed by atoms with E-state index in [2.05, 4.69) is 4.98 Å². The third kappa shape index (κ3) is 1.76. The van der Waals surface area contributed by atoms with Gasteiger partial charge in [-0.1, -0.05) is 0 Å². The van der Waals surface area contributed by atoms with E-state index in [9.17, 15) is 13.2 Å².